The molecule has 1 aromatic heterocycles. The second kappa shape index (κ2) is 6.92. The van der Waals surface area contributed by atoms with E-state index in [1.165, 1.54) is 22.7 Å². The highest BCUT2D eigenvalue weighted by Crippen LogP contribution is 2.28. The number of aromatic nitrogens is 2. The Balaban J connectivity index is 2.17. The molecular formula is C15H22N4S. The molecule has 0 aliphatic heterocycles. The van der Waals surface area contributed by atoms with Crippen LogP contribution in [0.25, 0.3) is 0 Å². The predicted molar refractivity (Wildman–Crippen MR) is 83.6 cm³/mol. The smallest absolute Gasteiger partial charge is 0.0829 e. The maximum absolute atomic E-state index is 5.74. The first-order valence-electron chi connectivity index (χ1n) is 7.01. The average Bonchev–Trinajstić information content (AvgIpc) is 2.95. The maximum Gasteiger partial charge on any atom is 0.0829 e. The third-order valence-corrected chi connectivity index (χ3v) is 4.33. The first-order valence-corrected chi connectivity index (χ1v) is 7.79. The normalized spacial score (nSPS) is 12.8. The number of hydrogen-bond donors (Lipinski definition) is 2. The van der Waals surface area contributed by atoms with E-state index in [-0.39, 0.29) is 6.04 Å². The third-order valence-electron chi connectivity index (χ3n) is 3.48. The van der Waals surface area contributed by atoms with Crippen LogP contribution in [0.3, 0.4) is 0 Å². The van der Waals surface area contributed by atoms with E-state index in [9.17, 15) is 0 Å². The summed E-state index contributed by atoms with van der Waals surface area (Å²) in [5.41, 5.74) is 6.58. The molecule has 1 heterocycles. The lowest BCUT2D eigenvalue weighted by atomic mass is 9.99. The molecule has 0 radical (unpaired) electrons. The van der Waals surface area contributed by atoms with E-state index in [2.05, 4.69) is 60.0 Å². The summed E-state index contributed by atoms with van der Waals surface area (Å²) in [6.45, 7) is 6.42. The van der Waals surface area contributed by atoms with Gasteiger partial charge in [-0.05, 0) is 41.4 Å². The summed E-state index contributed by atoms with van der Waals surface area (Å²) in [5, 5.41) is 4.23. The van der Waals surface area contributed by atoms with Crippen LogP contribution in [0.15, 0.2) is 24.3 Å². The van der Waals surface area contributed by atoms with E-state index >= 15 is 0 Å². The van der Waals surface area contributed by atoms with E-state index in [4.69, 9.17) is 5.84 Å². The summed E-state index contributed by atoms with van der Waals surface area (Å²) in [4.78, 5) is 1.14. The third kappa shape index (κ3) is 3.42. The molecule has 3 N–H and O–H groups in total. The van der Waals surface area contributed by atoms with Crippen LogP contribution >= 0.6 is 11.5 Å². The quantitative estimate of drug-likeness (QED) is 0.634. The van der Waals surface area contributed by atoms with Crippen molar-refractivity contribution >= 4 is 11.5 Å². The zero-order chi connectivity index (χ0) is 14.5. The molecule has 0 amide bonds. The molecule has 1 aromatic carbocycles. The zero-order valence-electron chi connectivity index (χ0n) is 12.3. The van der Waals surface area contributed by atoms with Crippen molar-refractivity contribution in [1.29, 1.82) is 0 Å². The van der Waals surface area contributed by atoms with Crippen LogP contribution in [0.1, 0.15) is 54.4 Å². The average molecular weight is 290 g/mol. The van der Waals surface area contributed by atoms with Gasteiger partial charge in [-0.1, -0.05) is 49.5 Å². The lowest BCUT2D eigenvalue weighted by Crippen LogP contribution is -2.29. The molecule has 2 rings (SSSR count). The number of nitrogens with zero attached hydrogens (tertiary/aromatic N) is 2. The van der Waals surface area contributed by atoms with Crippen LogP contribution < -0.4 is 11.3 Å². The molecule has 1 unspecified atom stereocenters. The van der Waals surface area contributed by atoms with Gasteiger partial charge in [0.25, 0.3) is 0 Å². The topological polar surface area (TPSA) is 63.8 Å². The van der Waals surface area contributed by atoms with Crippen molar-refractivity contribution < 1.29 is 0 Å². The second-order valence-corrected chi connectivity index (χ2v) is 6.06. The lowest BCUT2D eigenvalue weighted by Gasteiger charge is -2.16. The Labute approximate surface area is 124 Å². The highest BCUT2D eigenvalue weighted by atomic mass is 32.1. The molecule has 20 heavy (non-hydrogen) atoms. The molecule has 0 bridgehead atoms. The molecule has 0 aliphatic carbocycles. The summed E-state index contributed by atoms with van der Waals surface area (Å²) in [5.74, 6) is 6.10. The van der Waals surface area contributed by atoms with E-state index in [0.717, 1.165) is 23.4 Å². The van der Waals surface area contributed by atoms with Crippen molar-refractivity contribution in [2.75, 3.05) is 0 Å². The highest BCUT2D eigenvalue weighted by Gasteiger charge is 2.20. The minimum atomic E-state index is 0.0693. The Hall–Kier alpha value is -1.30. The fourth-order valence-corrected chi connectivity index (χ4v) is 3.09. The molecule has 108 valence electrons. The van der Waals surface area contributed by atoms with Crippen molar-refractivity contribution in [3.05, 3.63) is 46.0 Å². The van der Waals surface area contributed by atoms with Crippen LogP contribution in [-0.2, 0) is 12.8 Å². The lowest BCUT2D eigenvalue weighted by molar-refractivity contribution is 0.551. The van der Waals surface area contributed by atoms with E-state index in [0.29, 0.717) is 5.92 Å². The van der Waals surface area contributed by atoms with Crippen LogP contribution in [0.2, 0.25) is 0 Å². The minimum absolute atomic E-state index is 0.0693. The molecule has 0 saturated heterocycles. The number of benzene rings is 1. The van der Waals surface area contributed by atoms with Gasteiger partial charge in [-0.2, -0.15) is 0 Å². The first kappa shape index (κ1) is 15.1. The largest absolute Gasteiger partial charge is 0.271 e. The maximum atomic E-state index is 5.74. The second-order valence-electron chi connectivity index (χ2n) is 5.27. The Morgan fingerprint density at radius 1 is 1.20 bits per heavy atom. The van der Waals surface area contributed by atoms with Crippen LogP contribution in [0.5, 0.6) is 0 Å². The monoisotopic (exact) mass is 290 g/mol. The number of aryl methyl sites for hydroxylation is 1. The summed E-state index contributed by atoms with van der Waals surface area (Å²) in [6, 6.07) is 8.77. The van der Waals surface area contributed by atoms with Gasteiger partial charge in [0.1, 0.15) is 0 Å². The Kier molecular flexibility index (Phi) is 5.23. The predicted octanol–water partition coefficient (Wildman–Crippen LogP) is 2.97. The summed E-state index contributed by atoms with van der Waals surface area (Å²) in [6.07, 6.45) is 1.92. The molecular weight excluding hydrogens is 268 g/mol. The van der Waals surface area contributed by atoms with Crippen molar-refractivity contribution in [3.8, 4) is 0 Å². The minimum Gasteiger partial charge on any atom is -0.271 e. The molecule has 4 nitrogen and oxygen atoms in total. The van der Waals surface area contributed by atoms with Crippen LogP contribution in [0.4, 0.5) is 0 Å². The summed E-state index contributed by atoms with van der Waals surface area (Å²) >= 11 is 1.43. The number of nitrogens with two attached hydrogens (primary N) is 1. The summed E-state index contributed by atoms with van der Waals surface area (Å²) in [7, 11) is 0. The molecule has 0 saturated carbocycles. The van der Waals surface area contributed by atoms with Crippen molar-refractivity contribution in [3.63, 3.8) is 0 Å². The highest BCUT2D eigenvalue weighted by molar-refractivity contribution is 7.05. The number of nitrogens with one attached hydrogen (secondary N) is 1. The molecule has 0 spiro atoms. The van der Waals surface area contributed by atoms with Crippen LogP contribution in [0, 0.1) is 0 Å². The number of rotatable bonds is 6. The number of hydrogen-bond acceptors (Lipinski definition) is 5. The fourth-order valence-electron chi connectivity index (χ4n) is 2.22. The van der Waals surface area contributed by atoms with Gasteiger partial charge in [0.15, 0.2) is 0 Å². The van der Waals surface area contributed by atoms with Gasteiger partial charge in [-0.3, -0.25) is 11.3 Å². The first-order chi connectivity index (χ1) is 9.65. The summed E-state index contributed by atoms with van der Waals surface area (Å²) < 4.78 is 4.08. The van der Waals surface area contributed by atoms with E-state index in [1.54, 1.807) is 0 Å². The SMILES string of the molecule is CCc1ccc(CC(NN)c2snnc2C(C)C)cc1. The van der Waals surface area contributed by atoms with Gasteiger partial charge in [0.05, 0.1) is 16.6 Å². The van der Waals surface area contributed by atoms with E-state index in [1.807, 2.05) is 0 Å². The zero-order valence-corrected chi connectivity index (χ0v) is 13.1. The standard InChI is InChI=1S/C15H22N4S/c1-4-11-5-7-12(8-6-11)9-13(17-16)15-14(10(2)3)18-19-20-15/h5-8,10,13,17H,4,9,16H2,1-3H3. The number of hydrazine groups is 1. The van der Waals surface area contributed by atoms with Gasteiger partial charge in [-0.25, -0.2) is 0 Å². The van der Waals surface area contributed by atoms with Gasteiger partial charge in [-0.15, -0.1) is 5.10 Å². The van der Waals surface area contributed by atoms with E-state index < -0.39 is 0 Å². The molecule has 2 aromatic rings. The van der Waals surface area contributed by atoms with Gasteiger partial charge in [0, 0.05) is 0 Å². The van der Waals surface area contributed by atoms with Crippen molar-refractivity contribution in [2.45, 2.75) is 45.6 Å². The van der Waals surface area contributed by atoms with Gasteiger partial charge >= 0.3 is 0 Å². The fraction of sp³-hybridized carbons (Fsp3) is 0.467. The van der Waals surface area contributed by atoms with Crippen molar-refractivity contribution in [1.82, 2.24) is 15.0 Å². The molecule has 1 atom stereocenters. The Morgan fingerprint density at radius 2 is 1.85 bits per heavy atom. The molecule has 0 aliphatic rings. The van der Waals surface area contributed by atoms with Crippen LogP contribution in [-0.4, -0.2) is 9.59 Å². The molecule has 5 heteroatoms. The van der Waals surface area contributed by atoms with Crippen molar-refractivity contribution in [2.24, 2.45) is 5.84 Å². The molecule has 0 fully saturated rings. The van der Waals surface area contributed by atoms with Gasteiger partial charge < -0.3 is 0 Å². The Morgan fingerprint density at radius 3 is 2.40 bits per heavy atom. The Bertz CT molecular complexity index is 533. The van der Waals surface area contributed by atoms with Gasteiger partial charge in [0.2, 0.25) is 0 Å².